The van der Waals surface area contributed by atoms with Crippen LogP contribution in [-0.2, 0) is 10.5 Å². The number of thioether (sulfide) groups is 1. The third kappa shape index (κ3) is 5.67. The SMILES string of the molecule is CCCNc1nnc(CSCCCOC)s1. The number of nitrogens with one attached hydrogen (secondary N) is 1. The first-order valence-corrected chi connectivity index (χ1v) is 7.47. The minimum atomic E-state index is 0.840. The van der Waals surface area contributed by atoms with E-state index in [1.54, 1.807) is 18.4 Å². The Labute approximate surface area is 105 Å². The van der Waals surface area contributed by atoms with Crippen molar-refractivity contribution in [1.82, 2.24) is 10.2 Å². The van der Waals surface area contributed by atoms with Gasteiger partial charge in [-0.3, -0.25) is 0 Å². The first-order chi connectivity index (χ1) is 7.86. The molecular weight excluding hydrogens is 242 g/mol. The van der Waals surface area contributed by atoms with Gasteiger partial charge in [0.25, 0.3) is 0 Å². The zero-order chi connectivity index (χ0) is 11.6. The highest BCUT2D eigenvalue weighted by Gasteiger charge is 2.02. The van der Waals surface area contributed by atoms with Crippen molar-refractivity contribution >= 4 is 28.2 Å². The molecule has 0 aromatic carbocycles. The number of rotatable bonds is 9. The number of nitrogens with zero attached hydrogens (tertiary/aromatic N) is 2. The Hall–Kier alpha value is -0.330. The first-order valence-electron chi connectivity index (χ1n) is 5.49. The Balaban J connectivity index is 2.14. The average molecular weight is 261 g/mol. The maximum absolute atomic E-state index is 4.99. The Kier molecular flexibility index (Phi) is 7.54. The number of hydrogen-bond acceptors (Lipinski definition) is 6. The first kappa shape index (κ1) is 13.7. The molecule has 1 aromatic rings. The molecule has 0 radical (unpaired) electrons. The molecule has 1 N–H and O–H groups in total. The van der Waals surface area contributed by atoms with E-state index in [2.05, 4.69) is 22.4 Å². The summed E-state index contributed by atoms with van der Waals surface area (Å²) in [5.41, 5.74) is 0. The average Bonchev–Trinajstić information content (AvgIpc) is 2.74. The molecule has 0 saturated carbocycles. The van der Waals surface area contributed by atoms with Crippen LogP contribution in [0.2, 0.25) is 0 Å². The number of aromatic nitrogens is 2. The van der Waals surface area contributed by atoms with E-state index in [0.29, 0.717) is 0 Å². The standard InChI is InChI=1S/C10H19N3OS2/c1-3-5-11-10-13-12-9(16-10)8-15-7-4-6-14-2/h3-8H2,1-2H3,(H,11,13). The molecule has 0 amide bonds. The van der Waals surface area contributed by atoms with Crippen LogP contribution in [0.4, 0.5) is 5.13 Å². The van der Waals surface area contributed by atoms with Gasteiger partial charge < -0.3 is 10.1 Å². The molecule has 0 bridgehead atoms. The molecule has 0 aliphatic heterocycles. The minimum Gasteiger partial charge on any atom is -0.385 e. The molecule has 4 nitrogen and oxygen atoms in total. The summed E-state index contributed by atoms with van der Waals surface area (Å²) in [5, 5.41) is 13.5. The fourth-order valence-electron chi connectivity index (χ4n) is 1.08. The Bertz CT molecular complexity index is 281. The van der Waals surface area contributed by atoms with Gasteiger partial charge >= 0.3 is 0 Å². The summed E-state index contributed by atoms with van der Waals surface area (Å²) in [6.45, 7) is 3.95. The molecular formula is C10H19N3OS2. The molecule has 0 aliphatic carbocycles. The molecule has 92 valence electrons. The van der Waals surface area contributed by atoms with Gasteiger partial charge in [-0.15, -0.1) is 10.2 Å². The Morgan fingerprint density at radius 2 is 2.31 bits per heavy atom. The van der Waals surface area contributed by atoms with Gasteiger partial charge in [-0.25, -0.2) is 0 Å². The van der Waals surface area contributed by atoms with Crippen LogP contribution in [-0.4, -0.2) is 36.2 Å². The summed E-state index contributed by atoms with van der Waals surface area (Å²) in [7, 11) is 1.74. The van der Waals surface area contributed by atoms with E-state index in [9.17, 15) is 0 Å². The molecule has 1 aromatic heterocycles. The molecule has 0 aliphatic rings. The number of ether oxygens (including phenoxy) is 1. The van der Waals surface area contributed by atoms with Crippen molar-refractivity contribution in [1.29, 1.82) is 0 Å². The molecule has 6 heteroatoms. The third-order valence-electron chi connectivity index (χ3n) is 1.86. The molecule has 0 fully saturated rings. The van der Waals surface area contributed by atoms with Crippen molar-refractivity contribution in [2.24, 2.45) is 0 Å². The second-order valence-electron chi connectivity index (χ2n) is 3.33. The molecule has 0 saturated heterocycles. The number of anilines is 1. The molecule has 0 spiro atoms. The quantitative estimate of drug-likeness (QED) is 0.692. The summed E-state index contributed by atoms with van der Waals surface area (Å²) in [5.74, 6) is 2.07. The highest BCUT2D eigenvalue weighted by atomic mass is 32.2. The summed E-state index contributed by atoms with van der Waals surface area (Å²) >= 11 is 3.53. The van der Waals surface area contributed by atoms with Crippen LogP contribution in [0.15, 0.2) is 0 Å². The monoisotopic (exact) mass is 261 g/mol. The zero-order valence-electron chi connectivity index (χ0n) is 9.86. The maximum atomic E-state index is 4.99. The van der Waals surface area contributed by atoms with Crippen molar-refractivity contribution in [3.63, 3.8) is 0 Å². The number of hydrogen-bond donors (Lipinski definition) is 1. The van der Waals surface area contributed by atoms with Crippen molar-refractivity contribution < 1.29 is 4.74 Å². The van der Waals surface area contributed by atoms with Crippen molar-refractivity contribution in [2.45, 2.75) is 25.5 Å². The molecule has 16 heavy (non-hydrogen) atoms. The predicted molar refractivity (Wildman–Crippen MR) is 71.3 cm³/mol. The lowest BCUT2D eigenvalue weighted by atomic mass is 10.5. The van der Waals surface area contributed by atoms with E-state index < -0.39 is 0 Å². The van der Waals surface area contributed by atoms with Crippen LogP contribution in [0.5, 0.6) is 0 Å². The highest BCUT2D eigenvalue weighted by Crippen LogP contribution is 2.20. The van der Waals surface area contributed by atoms with Gasteiger partial charge in [0.1, 0.15) is 5.01 Å². The van der Waals surface area contributed by atoms with Crippen LogP contribution in [0.3, 0.4) is 0 Å². The Morgan fingerprint density at radius 3 is 3.06 bits per heavy atom. The smallest absolute Gasteiger partial charge is 0.205 e. The van der Waals surface area contributed by atoms with Crippen LogP contribution in [0, 0.1) is 0 Å². The molecule has 1 rings (SSSR count). The van der Waals surface area contributed by atoms with Crippen LogP contribution in [0.1, 0.15) is 24.8 Å². The van der Waals surface area contributed by atoms with E-state index in [-0.39, 0.29) is 0 Å². The summed E-state index contributed by atoms with van der Waals surface area (Å²) in [6, 6.07) is 0. The van der Waals surface area contributed by atoms with E-state index in [1.807, 2.05) is 11.8 Å². The fourth-order valence-corrected chi connectivity index (χ4v) is 2.83. The lowest BCUT2D eigenvalue weighted by Gasteiger charge is -1.98. The van der Waals surface area contributed by atoms with Crippen molar-refractivity contribution in [2.75, 3.05) is 31.3 Å². The highest BCUT2D eigenvalue weighted by molar-refractivity contribution is 7.98. The van der Waals surface area contributed by atoms with E-state index in [0.717, 1.165) is 47.6 Å². The summed E-state index contributed by atoms with van der Waals surface area (Å²) in [4.78, 5) is 0. The Morgan fingerprint density at radius 1 is 1.44 bits per heavy atom. The summed E-state index contributed by atoms with van der Waals surface area (Å²) < 4.78 is 4.99. The predicted octanol–water partition coefficient (Wildman–Crippen LogP) is 2.63. The normalized spacial score (nSPS) is 10.6. The van der Waals surface area contributed by atoms with E-state index in [1.165, 1.54) is 0 Å². The lowest BCUT2D eigenvalue weighted by molar-refractivity contribution is 0.200. The molecule has 0 atom stereocenters. The van der Waals surface area contributed by atoms with Gasteiger partial charge in [-0.2, -0.15) is 11.8 Å². The van der Waals surface area contributed by atoms with Crippen molar-refractivity contribution in [3.8, 4) is 0 Å². The second kappa shape index (κ2) is 8.78. The third-order valence-corrected chi connectivity index (χ3v) is 3.97. The van der Waals surface area contributed by atoms with Crippen molar-refractivity contribution in [3.05, 3.63) is 5.01 Å². The van der Waals surface area contributed by atoms with E-state index in [4.69, 9.17) is 4.74 Å². The van der Waals surface area contributed by atoms with E-state index >= 15 is 0 Å². The van der Waals surface area contributed by atoms with Crippen LogP contribution in [0.25, 0.3) is 0 Å². The molecule has 0 unspecified atom stereocenters. The second-order valence-corrected chi connectivity index (χ2v) is 5.49. The number of methoxy groups -OCH3 is 1. The topological polar surface area (TPSA) is 47.0 Å². The van der Waals surface area contributed by atoms with Gasteiger partial charge in [0.15, 0.2) is 0 Å². The largest absolute Gasteiger partial charge is 0.385 e. The van der Waals surface area contributed by atoms with Gasteiger partial charge in [-0.05, 0) is 18.6 Å². The van der Waals surface area contributed by atoms with Crippen LogP contribution < -0.4 is 5.32 Å². The minimum absolute atomic E-state index is 0.840. The van der Waals surface area contributed by atoms with Crippen LogP contribution >= 0.6 is 23.1 Å². The fraction of sp³-hybridized carbons (Fsp3) is 0.800. The zero-order valence-corrected chi connectivity index (χ0v) is 11.5. The van der Waals surface area contributed by atoms with Gasteiger partial charge in [0.05, 0.1) is 0 Å². The van der Waals surface area contributed by atoms with Gasteiger partial charge in [-0.1, -0.05) is 18.3 Å². The summed E-state index contributed by atoms with van der Waals surface area (Å²) in [6.07, 6.45) is 2.21. The van der Waals surface area contributed by atoms with Gasteiger partial charge in [0.2, 0.25) is 5.13 Å². The molecule has 1 heterocycles. The lowest BCUT2D eigenvalue weighted by Crippen LogP contribution is -1.98. The van der Waals surface area contributed by atoms with Gasteiger partial charge in [0, 0.05) is 26.0 Å². The maximum Gasteiger partial charge on any atom is 0.205 e.